The molecule has 0 saturated heterocycles. The van der Waals surface area contributed by atoms with E-state index in [2.05, 4.69) is 62.5 Å². The maximum absolute atomic E-state index is 12.8. The van der Waals surface area contributed by atoms with E-state index in [1.54, 1.807) is 21.1 Å². The first kappa shape index (κ1) is 57.3. The molecule has 0 fully saturated rings. The van der Waals surface area contributed by atoms with Gasteiger partial charge in [-0.3, -0.25) is 9.59 Å². The zero-order chi connectivity index (χ0) is 44.2. The molecule has 2 atom stereocenters. The highest BCUT2D eigenvalue weighted by atomic mass is 16.6. The van der Waals surface area contributed by atoms with Crippen LogP contribution in [0.15, 0.2) is 48.6 Å². The number of allylic oxidation sites excluding steroid dienone is 8. The van der Waals surface area contributed by atoms with Crippen LogP contribution in [0.4, 0.5) is 0 Å². The number of carboxylic acid groups (broad SMARTS) is 1. The Balaban J connectivity index is 4.28. The van der Waals surface area contributed by atoms with E-state index in [9.17, 15) is 19.5 Å². The van der Waals surface area contributed by atoms with Gasteiger partial charge >= 0.3 is 11.9 Å². The van der Waals surface area contributed by atoms with Gasteiger partial charge in [0, 0.05) is 19.3 Å². The summed E-state index contributed by atoms with van der Waals surface area (Å²) in [4.78, 5) is 37.0. The smallest absolute Gasteiger partial charge is 0.306 e. The summed E-state index contributed by atoms with van der Waals surface area (Å²) in [5.74, 6) is -1.74. The second-order valence-corrected chi connectivity index (χ2v) is 17.7. The summed E-state index contributed by atoms with van der Waals surface area (Å²) in [6.07, 6.45) is 51.3. The summed E-state index contributed by atoms with van der Waals surface area (Å²) >= 11 is 0. The lowest BCUT2D eigenvalue weighted by Crippen LogP contribution is -2.55. The van der Waals surface area contributed by atoms with Gasteiger partial charge in [-0.2, -0.15) is 0 Å². The lowest BCUT2D eigenvalue weighted by Gasteiger charge is -2.34. The fourth-order valence-electron chi connectivity index (χ4n) is 7.18. The third kappa shape index (κ3) is 40.7. The Hall–Kier alpha value is -2.71. The quantitative estimate of drug-likeness (QED) is 0.0260. The number of hydrogen-bond acceptors (Lipinski definition) is 7. The number of esters is 2. The number of rotatable bonds is 44. The molecule has 0 aromatic rings. The molecule has 0 amide bonds. The third-order valence-corrected chi connectivity index (χ3v) is 11.0. The van der Waals surface area contributed by atoms with Gasteiger partial charge in [0.15, 0.2) is 6.10 Å². The van der Waals surface area contributed by atoms with Crippen LogP contribution in [0.2, 0.25) is 0 Å². The Labute approximate surface area is 369 Å². The van der Waals surface area contributed by atoms with Crippen molar-refractivity contribution in [1.29, 1.82) is 0 Å². The normalized spacial score (nSPS) is 13.3. The van der Waals surface area contributed by atoms with Gasteiger partial charge in [-0.05, 0) is 51.4 Å². The van der Waals surface area contributed by atoms with Crippen LogP contribution in [0.1, 0.15) is 213 Å². The standard InChI is InChI=1S/C52H93NO7/c1-6-8-10-12-14-16-18-20-22-24-25-26-27-29-31-33-35-37-39-41-43-51(55)60-48(46-58-45-44-49(52(56)57)53(3,4)5)47-59-50(54)42-40-38-36-34-32-30-28-23-21-19-17-15-13-11-9-7-2/h8,10,14,16,20,22,25-26,48-49H,6-7,9,11-13,15,17-19,21,23-24,27-47H2,1-5H3/b10-8+,16-14+,22-20+,26-25+. The summed E-state index contributed by atoms with van der Waals surface area (Å²) in [6, 6.07) is -0.728. The van der Waals surface area contributed by atoms with E-state index in [0.29, 0.717) is 12.8 Å². The molecule has 0 bridgehead atoms. The molecule has 60 heavy (non-hydrogen) atoms. The molecule has 0 aliphatic carbocycles. The second-order valence-electron chi connectivity index (χ2n) is 17.7. The van der Waals surface area contributed by atoms with Gasteiger partial charge in [-0.25, -0.2) is 0 Å². The molecule has 8 nitrogen and oxygen atoms in total. The van der Waals surface area contributed by atoms with Gasteiger partial charge in [0.05, 0.1) is 40.3 Å². The SMILES string of the molecule is CC/C=C/C/C=C/C/C=C/C/C=C/CCCCCCCCCC(=O)OC(COCCC(C(=O)[O-])[N+](C)(C)C)COC(=O)CCCCCCCCCCCCCCCCCC. The van der Waals surface area contributed by atoms with Crippen molar-refractivity contribution < 1.29 is 38.2 Å². The number of carbonyl (C=O) groups is 3. The van der Waals surface area contributed by atoms with Gasteiger partial charge in [0.1, 0.15) is 12.6 Å². The Kier molecular flexibility index (Phi) is 41.0. The Bertz CT molecular complexity index is 1120. The van der Waals surface area contributed by atoms with E-state index in [0.717, 1.165) is 77.0 Å². The minimum Gasteiger partial charge on any atom is -0.544 e. The third-order valence-electron chi connectivity index (χ3n) is 11.0. The van der Waals surface area contributed by atoms with Crippen LogP contribution in [0.25, 0.3) is 0 Å². The first-order chi connectivity index (χ1) is 29.1. The van der Waals surface area contributed by atoms with Crippen molar-refractivity contribution >= 4 is 17.9 Å². The van der Waals surface area contributed by atoms with E-state index in [4.69, 9.17) is 14.2 Å². The van der Waals surface area contributed by atoms with Gasteiger partial charge in [0.25, 0.3) is 0 Å². The molecular weight excluding hydrogens is 751 g/mol. The topological polar surface area (TPSA) is 102 Å². The maximum Gasteiger partial charge on any atom is 0.306 e. The molecule has 0 aliphatic heterocycles. The highest BCUT2D eigenvalue weighted by Crippen LogP contribution is 2.15. The van der Waals surface area contributed by atoms with Crippen molar-refractivity contribution in [1.82, 2.24) is 0 Å². The largest absolute Gasteiger partial charge is 0.544 e. The number of unbranched alkanes of at least 4 members (excludes halogenated alkanes) is 22. The fraction of sp³-hybridized carbons (Fsp3) is 0.788. The minimum atomic E-state index is -1.13. The summed E-state index contributed by atoms with van der Waals surface area (Å²) < 4.78 is 17.2. The molecule has 0 rings (SSSR count). The van der Waals surface area contributed by atoms with E-state index in [1.165, 1.54) is 103 Å². The first-order valence-corrected chi connectivity index (χ1v) is 24.7. The monoisotopic (exact) mass is 844 g/mol. The molecular formula is C52H93NO7. The molecule has 0 heterocycles. The summed E-state index contributed by atoms with van der Waals surface area (Å²) in [7, 11) is 5.41. The summed E-state index contributed by atoms with van der Waals surface area (Å²) in [6.45, 7) is 4.56. The van der Waals surface area contributed by atoms with Crippen molar-refractivity contribution in [2.45, 2.75) is 225 Å². The average molecular weight is 844 g/mol. The number of nitrogens with zero attached hydrogens (tertiary/aromatic N) is 1. The van der Waals surface area contributed by atoms with Crippen LogP contribution in [-0.2, 0) is 28.6 Å². The molecule has 0 aromatic carbocycles. The molecule has 348 valence electrons. The number of likely N-dealkylation sites (N-methyl/N-ethyl adjacent to an activating group) is 1. The predicted octanol–water partition coefficient (Wildman–Crippen LogP) is 12.6. The van der Waals surface area contributed by atoms with Gasteiger partial charge in [0.2, 0.25) is 0 Å². The molecule has 0 saturated carbocycles. The summed E-state index contributed by atoms with van der Waals surface area (Å²) in [5, 5.41) is 11.6. The van der Waals surface area contributed by atoms with Crippen LogP contribution in [0.5, 0.6) is 0 Å². The van der Waals surface area contributed by atoms with E-state index < -0.39 is 18.1 Å². The highest BCUT2D eigenvalue weighted by Gasteiger charge is 2.25. The maximum atomic E-state index is 12.8. The van der Waals surface area contributed by atoms with Gasteiger partial charge in [-0.1, -0.05) is 191 Å². The molecule has 0 aliphatic rings. The van der Waals surface area contributed by atoms with Gasteiger partial charge < -0.3 is 28.6 Å². The molecule has 2 unspecified atom stereocenters. The number of quaternary nitrogens is 1. The lowest BCUT2D eigenvalue weighted by molar-refractivity contribution is -0.889. The van der Waals surface area contributed by atoms with Crippen molar-refractivity contribution in [3.8, 4) is 0 Å². The van der Waals surface area contributed by atoms with E-state index in [-0.39, 0.29) is 42.7 Å². The Morgan fingerprint density at radius 1 is 0.517 bits per heavy atom. The molecule has 8 heteroatoms. The second kappa shape index (κ2) is 43.0. The molecule has 0 spiro atoms. The van der Waals surface area contributed by atoms with Crippen LogP contribution in [0, 0.1) is 0 Å². The predicted molar refractivity (Wildman–Crippen MR) is 250 cm³/mol. The number of hydrogen-bond donors (Lipinski definition) is 0. The number of carboxylic acids is 1. The molecule has 0 aromatic heterocycles. The van der Waals surface area contributed by atoms with Crippen LogP contribution in [-0.4, -0.2) is 75.5 Å². The number of carbonyl (C=O) groups excluding carboxylic acids is 3. The van der Waals surface area contributed by atoms with Crippen LogP contribution < -0.4 is 5.11 Å². The van der Waals surface area contributed by atoms with Crippen molar-refractivity contribution in [2.75, 3.05) is 41.0 Å². The van der Waals surface area contributed by atoms with E-state index in [1.807, 2.05) is 0 Å². The Morgan fingerprint density at radius 3 is 1.38 bits per heavy atom. The highest BCUT2D eigenvalue weighted by molar-refractivity contribution is 5.70. The van der Waals surface area contributed by atoms with E-state index >= 15 is 0 Å². The minimum absolute atomic E-state index is 0.0376. The lowest BCUT2D eigenvalue weighted by atomic mass is 10.0. The Morgan fingerprint density at radius 2 is 0.933 bits per heavy atom. The average Bonchev–Trinajstić information content (AvgIpc) is 3.21. The molecule has 0 N–H and O–H groups in total. The van der Waals surface area contributed by atoms with Crippen LogP contribution >= 0.6 is 0 Å². The van der Waals surface area contributed by atoms with Crippen molar-refractivity contribution in [3.63, 3.8) is 0 Å². The zero-order valence-electron chi connectivity index (χ0n) is 39.6. The first-order valence-electron chi connectivity index (χ1n) is 24.7. The van der Waals surface area contributed by atoms with Gasteiger partial charge in [-0.15, -0.1) is 0 Å². The number of ether oxygens (including phenoxy) is 3. The van der Waals surface area contributed by atoms with Crippen molar-refractivity contribution in [3.05, 3.63) is 48.6 Å². The fourth-order valence-corrected chi connectivity index (χ4v) is 7.18. The summed E-state index contributed by atoms with van der Waals surface area (Å²) in [5.41, 5.74) is 0. The number of aliphatic carboxylic acids is 1. The van der Waals surface area contributed by atoms with Crippen molar-refractivity contribution in [2.24, 2.45) is 0 Å². The van der Waals surface area contributed by atoms with Crippen LogP contribution in [0.3, 0.4) is 0 Å². The molecule has 0 radical (unpaired) electrons. The zero-order valence-corrected chi connectivity index (χ0v) is 39.6.